The molecular weight excluding hydrogens is 404 g/mol. The molecule has 2 unspecified atom stereocenters. The summed E-state index contributed by atoms with van der Waals surface area (Å²) >= 11 is 0. The van der Waals surface area contributed by atoms with Crippen LogP contribution in [0.4, 0.5) is 10.1 Å². The number of halogens is 2. The van der Waals surface area contributed by atoms with Crippen molar-refractivity contribution >= 4 is 35.6 Å². The third-order valence-corrected chi connectivity index (χ3v) is 4.12. The van der Waals surface area contributed by atoms with E-state index in [4.69, 9.17) is 5.73 Å². The van der Waals surface area contributed by atoms with Crippen molar-refractivity contribution in [2.45, 2.75) is 32.2 Å². The molecule has 1 aliphatic rings. The zero-order valence-electron chi connectivity index (χ0n) is 13.2. The Morgan fingerprint density at radius 3 is 2.65 bits per heavy atom. The zero-order chi connectivity index (χ0) is 15.7. The van der Waals surface area contributed by atoms with Crippen LogP contribution in [0.1, 0.15) is 29.0 Å². The highest BCUT2D eigenvalue weighted by Gasteiger charge is 2.38. The lowest BCUT2D eigenvalue weighted by Crippen LogP contribution is -2.23. The summed E-state index contributed by atoms with van der Waals surface area (Å²) in [6.45, 7) is 4.14. The van der Waals surface area contributed by atoms with Crippen LogP contribution in [0.3, 0.4) is 0 Å². The lowest BCUT2D eigenvalue weighted by molar-refractivity contribution is 0.625. The standard InChI is InChI=1S/C18H20FN3.HI/c1-11-6-7-15(8-12(11)2)21-18(20)22-17-10-16(17)13-4-3-5-14(19)9-13;/h3-9,16-17H,10H2,1-2H3,(H3,20,21,22);1H. The van der Waals surface area contributed by atoms with Gasteiger partial charge in [0, 0.05) is 11.6 Å². The number of nitrogens with two attached hydrogens (primary N) is 1. The van der Waals surface area contributed by atoms with Crippen LogP contribution >= 0.6 is 24.0 Å². The van der Waals surface area contributed by atoms with Gasteiger partial charge in [-0.15, -0.1) is 24.0 Å². The first-order valence-electron chi connectivity index (χ1n) is 7.46. The largest absolute Gasteiger partial charge is 0.370 e. The van der Waals surface area contributed by atoms with Crippen LogP contribution in [0.15, 0.2) is 47.5 Å². The van der Waals surface area contributed by atoms with Crippen molar-refractivity contribution in [3.8, 4) is 0 Å². The highest BCUT2D eigenvalue weighted by atomic mass is 127. The smallest absolute Gasteiger partial charge is 0.193 e. The van der Waals surface area contributed by atoms with E-state index in [9.17, 15) is 4.39 Å². The maximum Gasteiger partial charge on any atom is 0.193 e. The van der Waals surface area contributed by atoms with Crippen molar-refractivity contribution in [3.05, 3.63) is 65.0 Å². The summed E-state index contributed by atoms with van der Waals surface area (Å²) in [6, 6.07) is 12.9. The number of nitrogens with one attached hydrogen (secondary N) is 1. The van der Waals surface area contributed by atoms with Crippen LogP contribution < -0.4 is 11.1 Å². The number of nitrogens with zero attached hydrogens (tertiary/aromatic N) is 1. The number of hydrogen-bond donors (Lipinski definition) is 2. The number of rotatable bonds is 3. The molecule has 0 saturated heterocycles. The van der Waals surface area contributed by atoms with E-state index in [0.717, 1.165) is 17.7 Å². The molecule has 5 heteroatoms. The molecule has 0 amide bonds. The zero-order valence-corrected chi connectivity index (χ0v) is 15.5. The van der Waals surface area contributed by atoms with Crippen LogP contribution in [-0.4, -0.2) is 12.0 Å². The lowest BCUT2D eigenvalue weighted by atomic mass is 10.1. The minimum atomic E-state index is -0.201. The number of hydrogen-bond acceptors (Lipinski definition) is 1. The van der Waals surface area contributed by atoms with Gasteiger partial charge in [-0.1, -0.05) is 18.2 Å². The number of aliphatic imine (C=N–C) groups is 1. The monoisotopic (exact) mass is 425 g/mol. The fourth-order valence-corrected chi connectivity index (χ4v) is 2.60. The fraction of sp³-hybridized carbons (Fsp3) is 0.278. The van der Waals surface area contributed by atoms with Crippen LogP contribution in [0.2, 0.25) is 0 Å². The van der Waals surface area contributed by atoms with Crippen LogP contribution in [-0.2, 0) is 0 Å². The molecule has 3 nitrogen and oxygen atoms in total. The van der Waals surface area contributed by atoms with Gasteiger partial charge in [0.1, 0.15) is 5.82 Å². The molecule has 1 saturated carbocycles. The minimum absolute atomic E-state index is 0. The SMILES string of the molecule is Cc1ccc(NC(N)=NC2CC2c2cccc(F)c2)cc1C.I. The Bertz CT molecular complexity index is 730. The molecular formula is C18H21FIN3. The van der Waals surface area contributed by atoms with E-state index in [2.05, 4.69) is 36.3 Å². The van der Waals surface area contributed by atoms with Gasteiger partial charge in [-0.2, -0.15) is 0 Å². The summed E-state index contributed by atoms with van der Waals surface area (Å²) in [5.41, 5.74) is 10.4. The summed E-state index contributed by atoms with van der Waals surface area (Å²) in [4.78, 5) is 4.48. The van der Waals surface area contributed by atoms with Crippen molar-refractivity contribution in [1.82, 2.24) is 0 Å². The Hall–Kier alpha value is -1.63. The van der Waals surface area contributed by atoms with Crippen molar-refractivity contribution in [2.75, 3.05) is 5.32 Å². The maximum atomic E-state index is 13.2. The molecule has 0 bridgehead atoms. The summed E-state index contributed by atoms with van der Waals surface area (Å²) in [5.74, 6) is 0.483. The molecule has 2 aromatic carbocycles. The topological polar surface area (TPSA) is 50.4 Å². The Morgan fingerprint density at radius 1 is 1.17 bits per heavy atom. The Morgan fingerprint density at radius 2 is 1.96 bits per heavy atom. The molecule has 3 N–H and O–H groups in total. The minimum Gasteiger partial charge on any atom is -0.370 e. The number of aryl methyl sites for hydroxylation is 2. The lowest BCUT2D eigenvalue weighted by Gasteiger charge is -2.08. The first-order chi connectivity index (χ1) is 10.5. The third kappa shape index (κ3) is 4.43. The quantitative estimate of drug-likeness (QED) is 0.437. The van der Waals surface area contributed by atoms with Gasteiger partial charge < -0.3 is 11.1 Å². The van der Waals surface area contributed by atoms with Gasteiger partial charge in [-0.3, -0.25) is 0 Å². The normalized spacial score (nSPS) is 19.9. The number of anilines is 1. The number of benzene rings is 2. The molecule has 0 aromatic heterocycles. The van der Waals surface area contributed by atoms with Crippen molar-refractivity contribution in [1.29, 1.82) is 0 Å². The molecule has 2 atom stereocenters. The molecule has 122 valence electrons. The molecule has 0 spiro atoms. The summed E-state index contributed by atoms with van der Waals surface area (Å²) in [5, 5.41) is 3.12. The summed E-state index contributed by atoms with van der Waals surface area (Å²) in [6.07, 6.45) is 0.915. The van der Waals surface area contributed by atoms with E-state index in [-0.39, 0.29) is 41.8 Å². The van der Waals surface area contributed by atoms with Crippen molar-refractivity contribution in [3.63, 3.8) is 0 Å². The second-order valence-corrected chi connectivity index (χ2v) is 5.90. The second kappa shape index (κ2) is 7.29. The first kappa shape index (κ1) is 17.7. The van der Waals surface area contributed by atoms with Crippen LogP contribution in [0, 0.1) is 19.7 Å². The first-order valence-corrected chi connectivity index (χ1v) is 7.46. The predicted octanol–water partition coefficient (Wildman–Crippen LogP) is 4.34. The van der Waals surface area contributed by atoms with Crippen LogP contribution in [0.5, 0.6) is 0 Å². The van der Waals surface area contributed by atoms with Gasteiger partial charge in [0.25, 0.3) is 0 Å². The van der Waals surface area contributed by atoms with Crippen molar-refractivity contribution < 1.29 is 4.39 Å². The van der Waals surface area contributed by atoms with Gasteiger partial charge in [0.2, 0.25) is 0 Å². The number of guanidine groups is 1. The molecule has 23 heavy (non-hydrogen) atoms. The highest BCUT2D eigenvalue weighted by molar-refractivity contribution is 14.0. The second-order valence-electron chi connectivity index (χ2n) is 5.90. The summed E-state index contributed by atoms with van der Waals surface area (Å²) in [7, 11) is 0. The van der Waals surface area contributed by atoms with Crippen LogP contribution in [0.25, 0.3) is 0 Å². The predicted molar refractivity (Wildman–Crippen MR) is 104 cm³/mol. The van der Waals surface area contributed by atoms with Gasteiger partial charge >= 0.3 is 0 Å². The van der Waals surface area contributed by atoms with E-state index in [1.165, 1.54) is 17.2 Å². The van der Waals surface area contributed by atoms with E-state index >= 15 is 0 Å². The Labute approximate surface area is 153 Å². The highest BCUT2D eigenvalue weighted by Crippen LogP contribution is 2.43. The van der Waals surface area contributed by atoms with E-state index in [1.54, 1.807) is 12.1 Å². The molecule has 2 aromatic rings. The Balaban J connectivity index is 0.00000192. The molecule has 0 heterocycles. The molecule has 3 rings (SSSR count). The van der Waals surface area contributed by atoms with Gasteiger partial charge in [0.05, 0.1) is 6.04 Å². The third-order valence-electron chi connectivity index (χ3n) is 4.12. The average molecular weight is 425 g/mol. The van der Waals surface area contributed by atoms with Gasteiger partial charge in [0.15, 0.2) is 5.96 Å². The van der Waals surface area contributed by atoms with Gasteiger partial charge in [-0.05, 0) is 61.2 Å². The van der Waals surface area contributed by atoms with E-state index in [1.807, 2.05) is 12.1 Å². The molecule has 1 fully saturated rings. The Kier molecular flexibility index (Phi) is 5.62. The molecule has 0 aliphatic heterocycles. The van der Waals surface area contributed by atoms with Gasteiger partial charge in [-0.25, -0.2) is 9.38 Å². The van der Waals surface area contributed by atoms with Crippen molar-refractivity contribution in [2.24, 2.45) is 10.7 Å². The molecule has 0 radical (unpaired) electrons. The molecule has 1 aliphatic carbocycles. The maximum absolute atomic E-state index is 13.2. The average Bonchev–Trinajstić information content (AvgIpc) is 3.22. The summed E-state index contributed by atoms with van der Waals surface area (Å²) < 4.78 is 13.2. The van der Waals surface area contributed by atoms with E-state index in [0.29, 0.717) is 5.96 Å². The van der Waals surface area contributed by atoms with E-state index < -0.39 is 0 Å². The fourth-order valence-electron chi connectivity index (χ4n) is 2.60.